The molecular formula is C12H21N3O. The third kappa shape index (κ3) is 5.15. The van der Waals surface area contributed by atoms with E-state index in [0.29, 0.717) is 12.6 Å². The summed E-state index contributed by atoms with van der Waals surface area (Å²) in [5.74, 6) is 2.71. The van der Waals surface area contributed by atoms with Crippen LogP contribution in [0.3, 0.4) is 0 Å². The number of piperidine rings is 1. The summed E-state index contributed by atoms with van der Waals surface area (Å²) in [6, 6.07) is 0.572. The van der Waals surface area contributed by atoms with Gasteiger partial charge in [-0.15, -0.1) is 6.42 Å². The largest absolute Gasteiger partial charge is 0.355 e. The Labute approximate surface area is 97.8 Å². The molecule has 4 nitrogen and oxygen atoms in total. The Hall–Kier alpha value is -1.05. The van der Waals surface area contributed by atoms with Crippen LogP contribution in [-0.2, 0) is 4.79 Å². The minimum absolute atomic E-state index is 0.0330. The van der Waals surface area contributed by atoms with Crippen LogP contribution in [-0.4, -0.2) is 49.6 Å². The van der Waals surface area contributed by atoms with Gasteiger partial charge in [-0.2, -0.15) is 0 Å². The van der Waals surface area contributed by atoms with Crippen LogP contribution in [0.5, 0.6) is 0 Å². The monoisotopic (exact) mass is 223 g/mol. The zero-order chi connectivity index (χ0) is 11.8. The van der Waals surface area contributed by atoms with Gasteiger partial charge in [-0.3, -0.25) is 9.69 Å². The lowest BCUT2D eigenvalue weighted by Gasteiger charge is -2.31. The van der Waals surface area contributed by atoms with Crippen molar-refractivity contribution in [2.24, 2.45) is 0 Å². The van der Waals surface area contributed by atoms with Gasteiger partial charge in [-0.05, 0) is 12.8 Å². The summed E-state index contributed by atoms with van der Waals surface area (Å²) in [5.41, 5.74) is 0. The smallest absolute Gasteiger partial charge is 0.216 e. The molecule has 1 rings (SSSR count). The van der Waals surface area contributed by atoms with Crippen LogP contribution >= 0.6 is 0 Å². The van der Waals surface area contributed by atoms with Gasteiger partial charge >= 0.3 is 0 Å². The van der Waals surface area contributed by atoms with Crippen molar-refractivity contribution in [1.82, 2.24) is 15.5 Å². The second kappa shape index (κ2) is 7.26. The Morgan fingerprint density at radius 3 is 2.69 bits per heavy atom. The number of nitrogens with one attached hydrogen (secondary N) is 2. The lowest BCUT2D eigenvalue weighted by atomic mass is 10.1. The number of carbonyl (C=O) groups excluding carboxylic acids is 1. The number of rotatable bonds is 5. The Kier molecular flexibility index (Phi) is 5.91. The maximum absolute atomic E-state index is 10.6. The molecule has 90 valence electrons. The predicted octanol–water partition coefficient (Wildman–Crippen LogP) is -0.190. The second-order valence-corrected chi connectivity index (χ2v) is 4.19. The summed E-state index contributed by atoms with van der Waals surface area (Å²) >= 11 is 0. The van der Waals surface area contributed by atoms with E-state index in [1.54, 1.807) is 0 Å². The van der Waals surface area contributed by atoms with Gasteiger partial charge in [-0.25, -0.2) is 0 Å². The molecule has 1 heterocycles. The maximum atomic E-state index is 10.6. The average Bonchev–Trinajstić information content (AvgIpc) is 2.27. The second-order valence-electron chi connectivity index (χ2n) is 4.19. The molecule has 4 heteroatoms. The molecule has 16 heavy (non-hydrogen) atoms. The molecule has 0 aliphatic carbocycles. The minimum atomic E-state index is 0.0330. The summed E-state index contributed by atoms with van der Waals surface area (Å²) in [6.07, 6.45) is 7.55. The van der Waals surface area contributed by atoms with Crippen molar-refractivity contribution in [3.05, 3.63) is 0 Å². The molecule has 1 saturated heterocycles. The van der Waals surface area contributed by atoms with Crippen molar-refractivity contribution in [2.45, 2.75) is 25.8 Å². The fourth-order valence-corrected chi connectivity index (χ4v) is 1.94. The molecule has 0 unspecified atom stereocenters. The van der Waals surface area contributed by atoms with E-state index >= 15 is 0 Å². The number of carbonyl (C=O) groups is 1. The van der Waals surface area contributed by atoms with Crippen molar-refractivity contribution in [2.75, 3.05) is 32.7 Å². The topological polar surface area (TPSA) is 44.4 Å². The Balaban J connectivity index is 2.04. The summed E-state index contributed by atoms with van der Waals surface area (Å²) in [6.45, 7) is 6.00. The standard InChI is InChI=1S/C12H21N3O/c1-3-8-15-9-4-12(5-10-15)14-7-6-13-11(2)16/h1,12,14H,4-10H2,2H3,(H,13,16). The highest BCUT2D eigenvalue weighted by Gasteiger charge is 2.17. The van der Waals surface area contributed by atoms with E-state index in [1.165, 1.54) is 6.92 Å². The summed E-state index contributed by atoms with van der Waals surface area (Å²) in [5, 5.41) is 6.22. The highest BCUT2D eigenvalue weighted by Crippen LogP contribution is 2.08. The maximum Gasteiger partial charge on any atom is 0.216 e. The normalized spacial score (nSPS) is 18.0. The van der Waals surface area contributed by atoms with Crippen molar-refractivity contribution < 1.29 is 4.79 Å². The van der Waals surface area contributed by atoms with Crippen LogP contribution in [0.2, 0.25) is 0 Å². The lowest BCUT2D eigenvalue weighted by Crippen LogP contribution is -2.44. The molecule has 0 spiro atoms. The quantitative estimate of drug-likeness (QED) is 0.501. The third-order valence-corrected chi connectivity index (χ3v) is 2.83. The van der Waals surface area contributed by atoms with Crippen molar-refractivity contribution in [1.29, 1.82) is 0 Å². The van der Waals surface area contributed by atoms with Crippen LogP contribution in [0, 0.1) is 12.3 Å². The lowest BCUT2D eigenvalue weighted by molar-refractivity contribution is -0.118. The Bertz CT molecular complexity index is 251. The Morgan fingerprint density at radius 1 is 1.44 bits per heavy atom. The fraction of sp³-hybridized carbons (Fsp3) is 0.750. The molecule has 0 saturated carbocycles. The molecule has 0 radical (unpaired) electrons. The highest BCUT2D eigenvalue weighted by molar-refractivity contribution is 5.72. The first-order chi connectivity index (χ1) is 7.72. The van der Waals surface area contributed by atoms with Gasteiger partial charge < -0.3 is 10.6 Å². The number of hydrogen-bond acceptors (Lipinski definition) is 3. The number of terminal acetylenes is 1. The van der Waals surface area contributed by atoms with Crippen LogP contribution in [0.25, 0.3) is 0 Å². The van der Waals surface area contributed by atoms with Gasteiger partial charge in [0.2, 0.25) is 5.91 Å². The van der Waals surface area contributed by atoms with Gasteiger partial charge in [0.05, 0.1) is 6.54 Å². The molecular weight excluding hydrogens is 202 g/mol. The molecule has 2 N–H and O–H groups in total. The number of likely N-dealkylation sites (tertiary alicyclic amines) is 1. The van der Waals surface area contributed by atoms with Gasteiger partial charge in [0.1, 0.15) is 0 Å². The molecule has 0 atom stereocenters. The summed E-state index contributed by atoms with van der Waals surface area (Å²) in [7, 11) is 0. The molecule has 1 aliphatic rings. The molecule has 1 fully saturated rings. The van der Waals surface area contributed by atoms with E-state index in [-0.39, 0.29) is 5.91 Å². The van der Waals surface area contributed by atoms with Crippen LogP contribution in [0.4, 0.5) is 0 Å². The first-order valence-electron chi connectivity index (χ1n) is 5.86. The SMILES string of the molecule is C#CCN1CCC(NCCNC(C)=O)CC1. The molecule has 0 bridgehead atoms. The van der Waals surface area contributed by atoms with Crippen molar-refractivity contribution in [3.8, 4) is 12.3 Å². The van der Waals surface area contributed by atoms with Gasteiger partial charge in [0.15, 0.2) is 0 Å². The van der Waals surface area contributed by atoms with Gasteiger partial charge in [0.25, 0.3) is 0 Å². The van der Waals surface area contributed by atoms with Gasteiger partial charge in [0, 0.05) is 39.1 Å². The number of nitrogens with zero attached hydrogens (tertiary/aromatic N) is 1. The van der Waals surface area contributed by atoms with E-state index in [2.05, 4.69) is 21.5 Å². The third-order valence-electron chi connectivity index (χ3n) is 2.83. The van der Waals surface area contributed by atoms with E-state index in [4.69, 9.17) is 6.42 Å². The van der Waals surface area contributed by atoms with Crippen LogP contribution in [0.1, 0.15) is 19.8 Å². The molecule has 0 aromatic carbocycles. The molecule has 0 aromatic rings. The van der Waals surface area contributed by atoms with E-state index in [9.17, 15) is 4.79 Å². The summed E-state index contributed by atoms with van der Waals surface area (Å²) < 4.78 is 0. The van der Waals surface area contributed by atoms with Gasteiger partial charge in [-0.1, -0.05) is 5.92 Å². The molecule has 0 aromatic heterocycles. The molecule has 1 amide bonds. The number of hydrogen-bond donors (Lipinski definition) is 2. The first kappa shape index (κ1) is 13.0. The van der Waals surface area contributed by atoms with Crippen LogP contribution < -0.4 is 10.6 Å². The van der Waals surface area contributed by atoms with E-state index < -0.39 is 0 Å². The minimum Gasteiger partial charge on any atom is -0.355 e. The molecule has 1 aliphatic heterocycles. The zero-order valence-corrected chi connectivity index (χ0v) is 9.96. The average molecular weight is 223 g/mol. The van der Waals surface area contributed by atoms with E-state index in [1.807, 2.05) is 0 Å². The number of amides is 1. The zero-order valence-electron chi connectivity index (χ0n) is 9.96. The summed E-state index contributed by atoms with van der Waals surface area (Å²) in [4.78, 5) is 12.9. The van der Waals surface area contributed by atoms with Crippen molar-refractivity contribution in [3.63, 3.8) is 0 Å². The fourth-order valence-electron chi connectivity index (χ4n) is 1.94. The highest BCUT2D eigenvalue weighted by atomic mass is 16.1. The van der Waals surface area contributed by atoms with Crippen LogP contribution in [0.15, 0.2) is 0 Å². The Morgan fingerprint density at radius 2 is 2.12 bits per heavy atom. The van der Waals surface area contributed by atoms with E-state index in [0.717, 1.165) is 39.0 Å². The van der Waals surface area contributed by atoms with Crippen molar-refractivity contribution >= 4 is 5.91 Å². The predicted molar refractivity (Wildman–Crippen MR) is 65.0 cm³/mol. The first-order valence-corrected chi connectivity index (χ1v) is 5.86.